The Morgan fingerprint density at radius 3 is 2.62 bits per heavy atom. The van der Waals surface area contributed by atoms with Gasteiger partial charge in [0.15, 0.2) is 0 Å². The van der Waals surface area contributed by atoms with Gasteiger partial charge >= 0.3 is 6.09 Å². The molecule has 0 bridgehead atoms. The molecule has 0 spiro atoms. The molecular weight excluding hydrogens is 316 g/mol. The molecule has 1 aromatic carbocycles. The molecule has 0 unspecified atom stereocenters. The normalized spacial score (nSPS) is 11.0. The van der Waals surface area contributed by atoms with E-state index >= 15 is 0 Å². The van der Waals surface area contributed by atoms with Crippen LogP contribution in [0.4, 0.5) is 10.5 Å². The standard InChI is InChI=1S/C13H19ClN2O4S/c1-4-20-13(17)15-7-8-16(21(3,18)19)12-6-5-11(14)9-10(12)2/h5-6,9H,4,7-8H2,1-3H3,(H,15,17). The summed E-state index contributed by atoms with van der Waals surface area (Å²) in [7, 11) is -3.47. The summed E-state index contributed by atoms with van der Waals surface area (Å²) in [4.78, 5) is 11.2. The molecule has 1 amide bonds. The van der Waals surface area contributed by atoms with E-state index in [1.807, 2.05) is 0 Å². The van der Waals surface area contributed by atoms with Crippen molar-refractivity contribution in [3.63, 3.8) is 0 Å². The van der Waals surface area contributed by atoms with Crippen LogP contribution >= 0.6 is 11.6 Å². The summed E-state index contributed by atoms with van der Waals surface area (Å²) in [5.41, 5.74) is 1.27. The lowest BCUT2D eigenvalue weighted by molar-refractivity contribution is 0.152. The molecule has 118 valence electrons. The molecule has 0 atom stereocenters. The van der Waals surface area contributed by atoms with E-state index in [9.17, 15) is 13.2 Å². The number of halogens is 1. The zero-order valence-electron chi connectivity index (χ0n) is 12.2. The minimum absolute atomic E-state index is 0.111. The number of alkyl carbamates (subject to hydrolysis) is 1. The number of benzene rings is 1. The van der Waals surface area contributed by atoms with E-state index in [0.29, 0.717) is 10.7 Å². The first-order valence-corrected chi connectivity index (χ1v) is 8.62. The van der Waals surface area contributed by atoms with Gasteiger partial charge in [0.1, 0.15) is 0 Å². The summed E-state index contributed by atoms with van der Waals surface area (Å²) >= 11 is 5.88. The Balaban J connectivity index is 2.85. The van der Waals surface area contributed by atoms with Crippen LogP contribution in [0.15, 0.2) is 18.2 Å². The zero-order chi connectivity index (χ0) is 16.0. The van der Waals surface area contributed by atoms with Crippen LogP contribution in [0.5, 0.6) is 0 Å². The predicted octanol–water partition coefficient (Wildman–Crippen LogP) is 2.16. The van der Waals surface area contributed by atoms with Crippen molar-refractivity contribution in [3.05, 3.63) is 28.8 Å². The smallest absolute Gasteiger partial charge is 0.407 e. The number of sulfonamides is 1. The Morgan fingerprint density at radius 2 is 2.10 bits per heavy atom. The molecule has 0 aromatic heterocycles. The molecule has 0 fully saturated rings. The molecule has 0 saturated carbocycles. The number of amides is 1. The Morgan fingerprint density at radius 1 is 1.43 bits per heavy atom. The number of ether oxygens (including phenoxy) is 1. The maximum absolute atomic E-state index is 11.9. The zero-order valence-corrected chi connectivity index (χ0v) is 13.8. The molecular formula is C13H19ClN2O4S. The van der Waals surface area contributed by atoms with Gasteiger partial charge in [0, 0.05) is 11.6 Å². The summed E-state index contributed by atoms with van der Waals surface area (Å²) in [6, 6.07) is 4.96. The van der Waals surface area contributed by atoms with E-state index in [-0.39, 0.29) is 19.7 Å². The molecule has 0 heterocycles. The largest absolute Gasteiger partial charge is 0.450 e. The van der Waals surface area contributed by atoms with Crippen molar-refractivity contribution < 1.29 is 17.9 Å². The second kappa shape index (κ2) is 7.51. The molecule has 8 heteroatoms. The van der Waals surface area contributed by atoms with Gasteiger partial charge in [-0.1, -0.05) is 11.6 Å². The summed E-state index contributed by atoms with van der Waals surface area (Å²) in [6.45, 7) is 3.99. The average molecular weight is 335 g/mol. The highest BCUT2D eigenvalue weighted by Gasteiger charge is 2.19. The molecule has 0 aliphatic rings. The van der Waals surface area contributed by atoms with Gasteiger partial charge in [-0.05, 0) is 37.6 Å². The van der Waals surface area contributed by atoms with Crippen molar-refractivity contribution in [2.24, 2.45) is 0 Å². The highest BCUT2D eigenvalue weighted by molar-refractivity contribution is 7.92. The number of nitrogens with zero attached hydrogens (tertiary/aromatic N) is 1. The van der Waals surface area contributed by atoms with E-state index in [4.69, 9.17) is 16.3 Å². The van der Waals surface area contributed by atoms with Crippen molar-refractivity contribution in [1.29, 1.82) is 0 Å². The molecule has 0 radical (unpaired) electrons. The third-order valence-corrected chi connectivity index (χ3v) is 4.10. The van der Waals surface area contributed by atoms with Crippen molar-refractivity contribution in [1.82, 2.24) is 5.32 Å². The lowest BCUT2D eigenvalue weighted by Crippen LogP contribution is -2.38. The SMILES string of the molecule is CCOC(=O)NCCN(c1ccc(Cl)cc1C)S(C)(=O)=O. The van der Waals surface area contributed by atoms with Crippen LogP contribution < -0.4 is 9.62 Å². The van der Waals surface area contributed by atoms with Gasteiger partial charge in [-0.25, -0.2) is 13.2 Å². The minimum atomic E-state index is -3.47. The molecule has 6 nitrogen and oxygen atoms in total. The fourth-order valence-electron chi connectivity index (χ4n) is 1.81. The summed E-state index contributed by atoms with van der Waals surface area (Å²) in [5, 5.41) is 3.03. The minimum Gasteiger partial charge on any atom is -0.450 e. The van der Waals surface area contributed by atoms with Crippen molar-refractivity contribution in [2.45, 2.75) is 13.8 Å². The van der Waals surface area contributed by atoms with Crippen LogP contribution in [0, 0.1) is 6.92 Å². The Kier molecular flexibility index (Phi) is 6.29. The third-order valence-electron chi connectivity index (χ3n) is 2.69. The maximum Gasteiger partial charge on any atom is 0.407 e. The van der Waals surface area contributed by atoms with Crippen LogP contribution in [0.25, 0.3) is 0 Å². The fraction of sp³-hybridized carbons (Fsp3) is 0.462. The number of anilines is 1. The van der Waals surface area contributed by atoms with Gasteiger partial charge in [-0.15, -0.1) is 0 Å². The number of hydrogen-bond donors (Lipinski definition) is 1. The second-order valence-corrected chi connectivity index (χ2v) is 6.76. The molecule has 0 aliphatic carbocycles. The molecule has 0 saturated heterocycles. The Bertz CT molecular complexity index is 604. The quantitative estimate of drug-likeness (QED) is 0.865. The molecule has 0 aliphatic heterocycles. The molecule has 1 aromatic rings. The molecule has 21 heavy (non-hydrogen) atoms. The van der Waals surface area contributed by atoms with Crippen molar-refractivity contribution in [3.8, 4) is 0 Å². The monoisotopic (exact) mass is 334 g/mol. The Hall–Kier alpha value is -1.47. The number of hydrogen-bond acceptors (Lipinski definition) is 4. The molecule has 1 N–H and O–H groups in total. The van der Waals surface area contributed by atoms with E-state index in [1.54, 1.807) is 32.0 Å². The van der Waals surface area contributed by atoms with Gasteiger partial charge in [-0.3, -0.25) is 4.31 Å². The first-order valence-electron chi connectivity index (χ1n) is 6.40. The van der Waals surface area contributed by atoms with Crippen LogP contribution in [0.3, 0.4) is 0 Å². The van der Waals surface area contributed by atoms with Crippen LogP contribution in [0.1, 0.15) is 12.5 Å². The maximum atomic E-state index is 11.9. The van der Waals surface area contributed by atoms with Gasteiger partial charge in [-0.2, -0.15) is 0 Å². The fourth-order valence-corrected chi connectivity index (χ4v) is 3.02. The highest BCUT2D eigenvalue weighted by atomic mass is 35.5. The number of carbonyl (C=O) groups is 1. The first-order chi connectivity index (χ1) is 9.75. The van der Waals surface area contributed by atoms with Crippen LogP contribution in [-0.4, -0.2) is 40.5 Å². The summed E-state index contributed by atoms with van der Waals surface area (Å²) < 4.78 is 29.8. The van der Waals surface area contributed by atoms with E-state index in [2.05, 4.69) is 5.32 Å². The second-order valence-electron chi connectivity index (χ2n) is 4.41. The summed E-state index contributed by atoms with van der Waals surface area (Å²) in [5.74, 6) is 0. The topological polar surface area (TPSA) is 75.7 Å². The van der Waals surface area contributed by atoms with Gasteiger partial charge in [0.05, 0.1) is 25.1 Å². The number of nitrogens with one attached hydrogen (secondary N) is 1. The van der Waals surface area contributed by atoms with Crippen molar-refractivity contribution >= 4 is 33.4 Å². The predicted molar refractivity (Wildman–Crippen MR) is 83.4 cm³/mol. The lowest BCUT2D eigenvalue weighted by atomic mass is 10.2. The highest BCUT2D eigenvalue weighted by Crippen LogP contribution is 2.25. The average Bonchev–Trinajstić information content (AvgIpc) is 2.35. The van der Waals surface area contributed by atoms with Gasteiger partial charge in [0.2, 0.25) is 10.0 Å². The number of rotatable bonds is 6. The summed E-state index contributed by atoms with van der Waals surface area (Å²) in [6.07, 6.45) is 0.546. The molecule has 1 rings (SSSR count). The van der Waals surface area contributed by atoms with E-state index in [1.165, 1.54) is 4.31 Å². The first kappa shape index (κ1) is 17.6. The lowest BCUT2D eigenvalue weighted by Gasteiger charge is -2.24. The van der Waals surface area contributed by atoms with E-state index in [0.717, 1.165) is 11.8 Å². The van der Waals surface area contributed by atoms with Crippen molar-refractivity contribution in [2.75, 3.05) is 30.3 Å². The Labute approximate surface area is 130 Å². The third kappa shape index (κ3) is 5.43. The van der Waals surface area contributed by atoms with Crippen LogP contribution in [0.2, 0.25) is 5.02 Å². The van der Waals surface area contributed by atoms with Gasteiger partial charge < -0.3 is 10.1 Å². The van der Waals surface area contributed by atoms with E-state index < -0.39 is 16.1 Å². The number of aryl methyl sites for hydroxylation is 1. The van der Waals surface area contributed by atoms with Crippen LogP contribution in [-0.2, 0) is 14.8 Å². The number of carbonyl (C=O) groups excluding carboxylic acids is 1. The van der Waals surface area contributed by atoms with Gasteiger partial charge in [0.25, 0.3) is 0 Å².